The number of benzene rings is 1. The molecule has 1 N–H and O–H groups in total. The number of alkyl halides is 5. The zero-order chi connectivity index (χ0) is 16.3. The highest BCUT2D eigenvalue weighted by Gasteiger charge is 2.32. The van der Waals surface area contributed by atoms with Gasteiger partial charge >= 0.3 is 6.36 Å². The second kappa shape index (κ2) is 6.48. The highest BCUT2D eigenvalue weighted by atomic mass is 32.1. The molecule has 1 aromatic heterocycles. The lowest BCUT2D eigenvalue weighted by Crippen LogP contribution is -2.19. The predicted octanol–water partition coefficient (Wildman–Crippen LogP) is 4.16. The van der Waals surface area contributed by atoms with Crippen molar-refractivity contribution in [1.29, 1.82) is 0 Å². The van der Waals surface area contributed by atoms with Gasteiger partial charge in [0, 0.05) is 0 Å². The first-order valence-electron chi connectivity index (χ1n) is 5.54. The average molecular weight is 355 g/mol. The van der Waals surface area contributed by atoms with Crippen molar-refractivity contribution in [1.82, 2.24) is 9.59 Å². The first-order valence-corrected chi connectivity index (χ1v) is 6.72. The Morgan fingerprint density at radius 3 is 2.59 bits per heavy atom. The zero-order valence-corrected chi connectivity index (χ0v) is 12.0. The molecule has 4 nitrogen and oxygen atoms in total. The van der Waals surface area contributed by atoms with Gasteiger partial charge in [0.25, 0.3) is 6.43 Å². The minimum atomic E-state index is -4.89. The molecule has 0 saturated heterocycles. The highest BCUT2D eigenvalue weighted by Crippen LogP contribution is 2.31. The van der Waals surface area contributed by atoms with E-state index in [2.05, 4.69) is 19.6 Å². The summed E-state index contributed by atoms with van der Waals surface area (Å²) in [4.78, 5) is -0.338. The molecule has 1 aromatic carbocycles. The summed E-state index contributed by atoms with van der Waals surface area (Å²) in [5.41, 5.74) is -0.741. The topological polar surface area (TPSA) is 47.0 Å². The normalized spacial score (nSPS) is 11.5. The van der Waals surface area contributed by atoms with Gasteiger partial charge in [0.05, 0.1) is 5.69 Å². The Morgan fingerprint density at radius 1 is 1.27 bits per heavy atom. The number of anilines is 1. The van der Waals surface area contributed by atoms with Gasteiger partial charge in [-0.05, 0) is 23.7 Å². The molecule has 118 valence electrons. The van der Waals surface area contributed by atoms with E-state index in [1.165, 1.54) is 18.2 Å². The Labute approximate surface area is 130 Å². The van der Waals surface area contributed by atoms with Crippen molar-refractivity contribution in [2.45, 2.75) is 12.8 Å². The van der Waals surface area contributed by atoms with Crippen molar-refractivity contribution in [3.05, 3.63) is 34.8 Å². The molecule has 11 heteroatoms. The van der Waals surface area contributed by atoms with E-state index in [0.29, 0.717) is 11.5 Å². The molecule has 0 radical (unpaired) electrons. The van der Waals surface area contributed by atoms with E-state index >= 15 is 0 Å². The number of nitrogens with one attached hydrogen (secondary N) is 1. The lowest BCUT2D eigenvalue weighted by atomic mass is 10.3. The Balaban J connectivity index is 2.24. The number of ether oxygens (including phenoxy) is 1. The van der Waals surface area contributed by atoms with Crippen LogP contribution in [0.15, 0.2) is 24.3 Å². The Kier molecular flexibility index (Phi) is 4.86. The third kappa shape index (κ3) is 4.07. The number of thiocarbonyl (C=S) groups is 1. The Hall–Kier alpha value is -1.88. The van der Waals surface area contributed by atoms with Crippen molar-refractivity contribution in [3.63, 3.8) is 0 Å². The Morgan fingerprint density at radius 2 is 1.95 bits per heavy atom. The molecule has 0 saturated carbocycles. The van der Waals surface area contributed by atoms with Gasteiger partial charge in [0.1, 0.15) is 9.87 Å². The summed E-state index contributed by atoms with van der Waals surface area (Å²) >= 11 is 5.53. The van der Waals surface area contributed by atoms with Crippen molar-refractivity contribution in [2.24, 2.45) is 0 Å². The molecule has 0 spiro atoms. The van der Waals surface area contributed by atoms with Gasteiger partial charge in [-0.25, -0.2) is 8.78 Å². The van der Waals surface area contributed by atoms with Crippen LogP contribution >= 0.6 is 23.8 Å². The smallest absolute Gasteiger partial charge is 0.404 e. The van der Waals surface area contributed by atoms with Gasteiger partial charge in [-0.15, -0.1) is 18.3 Å². The number of para-hydroxylation sites is 2. The van der Waals surface area contributed by atoms with Crippen LogP contribution in [0.3, 0.4) is 0 Å². The molecule has 22 heavy (non-hydrogen) atoms. The number of rotatable bonds is 4. The van der Waals surface area contributed by atoms with E-state index in [0.717, 1.165) is 6.07 Å². The summed E-state index contributed by atoms with van der Waals surface area (Å²) in [5, 5.41) is 5.67. The summed E-state index contributed by atoms with van der Waals surface area (Å²) in [5.74, 6) is -0.534. The SMILES string of the molecule is FC(F)c1nnsc1C(=S)Nc1ccccc1OC(F)(F)F. The summed E-state index contributed by atoms with van der Waals surface area (Å²) in [6.45, 7) is 0. The van der Waals surface area contributed by atoms with E-state index in [4.69, 9.17) is 12.2 Å². The van der Waals surface area contributed by atoms with Crippen LogP contribution in [-0.4, -0.2) is 20.9 Å². The molecule has 0 fully saturated rings. The molecule has 2 rings (SSSR count). The molecule has 0 bridgehead atoms. The fourth-order valence-corrected chi connectivity index (χ4v) is 2.35. The molecule has 0 aliphatic heterocycles. The van der Waals surface area contributed by atoms with E-state index in [1.54, 1.807) is 0 Å². The first-order chi connectivity index (χ1) is 10.3. The zero-order valence-electron chi connectivity index (χ0n) is 10.4. The molecule has 2 aromatic rings. The van der Waals surface area contributed by atoms with Crippen LogP contribution in [0.4, 0.5) is 27.6 Å². The molecular weight excluding hydrogens is 349 g/mol. The third-order valence-electron chi connectivity index (χ3n) is 2.29. The summed E-state index contributed by atoms with van der Waals surface area (Å²) in [7, 11) is 0. The average Bonchev–Trinajstić information content (AvgIpc) is 2.88. The van der Waals surface area contributed by atoms with Crippen molar-refractivity contribution in [2.75, 3.05) is 5.32 Å². The number of aromatic nitrogens is 2. The van der Waals surface area contributed by atoms with E-state index in [9.17, 15) is 22.0 Å². The molecule has 1 heterocycles. The van der Waals surface area contributed by atoms with Gasteiger partial charge in [0.2, 0.25) is 0 Å². The second-order valence-electron chi connectivity index (χ2n) is 3.79. The number of halogens is 5. The molecule has 0 atom stereocenters. The quantitative estimate of drug-likeness (QED) is 0.659. The van der Waals surface area contributed by atoms with Crippen LogP contribution in [0.1, 0.15) is 17.0 Å². The minimum absolute atomic E-state index is 0.113. The van der Waals surface area contributed by atoms with E-state index in [1.807, 2.05) is 0 Å². The second-order valence-corrected chi connectivity index (χ2v) is 4.95. The fourth-order valence-electron chi connectivity index (χ4n) is 1.46. The highest BCUT2D eigenvalue weighted by molar-refractivity contribution is 7.81. The van der Waals surface area contributed by atoms with E-state index < -0.39 is 24.2 Å². The van der Waals surface area contributed by atoms with Crippen LogP contribution in [0.5, 0.6) is 5.75 Å². The van der Waals surface area contributed by atoms with Gasteiger partial charge < -0.3 is 10.1 Å². The van der Waals surface area contributed by atoms with Crippen LogP contribution < -0.4 is 10.1 Å². The van der Waals surface area contributed by atoms with Gasteiger partial charge in [-0.3, -0.25) is 0 Å². The van der Waals surface area contributed by atoms with Crippen molar-refractivity contribution in [3.8, 4) is 5.75 Å². The van der Waals surface area contributed by atoms with Crippen LogP contribution in [0, 0.1) is 0 Å². The Bertz CT molecular complexity index is 674. The molecule has 0 aliphatic rings. The maximum absolute atomic E-state index is 12.7. The van der Waals surface area contributed by atoms with E-state index in [-0.39, 0.29) is 15.6 Å². The third-order valence-corrected chi connectivity index (χ3v) is 3.48. The maximum atomic E-state index is 12.7. The standard InChI is InChI=1S/C11H6F5N3OS2/c12-9(13)7-8(22-19-18-7)10(21)17-5-3-1-2-4-6(5)20-11(14,15)16/h1-4,9H,(H,17,21). The van der Waals surface area contributed by atoms with Crippen LogP contribution in [0.2, 0.25) is 0 Å². The molecular formula is C11H6F5N3OS2. The number of hydrogen-bond acceptors (Lipinski definition) is 5. The fraction of sp³-hybridized carbons (Fsp3) is 0.182. The number of nitrogens with zero attached hydrogens (tertiary/aromatic N) is 2. The monoisotopic (exact) mass is 355 g/mol. The predicted molar refractivity (Wildman–Crippen MR) is 73.3 cm³/mol. The first kappa shape index (κ1) is 16.5. The summed E-state index contributed by atoms with van der Waals surface area (Å²) in [6.07, 6.45) is -7.78. The van der Waals surface area contributed by atoms with Gasteiger partial charge in [-0.2, -0.15) is 0 Å². The molecule has 0 aliphatic carbocycles. The summed E-state index contributed by atoms with van der Waals surface area (Å²) in [6, 6.07) is 5.10. The van der Waals surface area contributed by atoms with Gasteiger partial charge in [-0.1, -0.05) is 28.8 Å². The van der Waals surface area contributed by atoms with Crippen molar-refractivity contribution < 1.29 is 26.7 Å². The van der Waals surface area contributed by atoms with Crippen molar-refractivity contribution >= 4 is 34.4 Å². The summed E-state index contributed by atoms with van der Waals surface area (Å²) < 4.78 is 69.5. The largest absolute Gasteiger partial charge is 0.573 e. The maximum Gasteiger partial charge on any atom is 0.573 e. The lowest BCUT2D eigenvalue weighted by Gasteiger charge is -2.14. The molecule has 0 amide bonds. The van der Waals surface area contributed by atoms with Gasteiger partial charge in [0.15, 0.2) is 11.4 Å². The lowest BCUT2D eigenvalue weighted by molar-refractivity contribution is -0.274. The minimum Gasteiger partial charge on any atom is -0.404 e. The molecule has 0 unspecified atom stereocenters. The number of hydrogen-bond donors (Lipinski definition) is 1. The van der Waals surface area contributed by atoms with Crippen LogP contribution in [0.25, 0.3) is 0 Å². The van der Waals surface area contributed by atoms with Crippen LogP contribution in [-0.2, 0) is 0 Å².